The normalized spacial score (nSPS) is 14.5. The summed E-state index contributed by atoms with van der Waals surface area (Å²) in [5.74, 6) is -2.31. The molecule has 0 radical (unpaired) electrons. The molecule has 248 valence electrons. The molecular formula is C36H47N3O7. The SMILES string of the molecule is C=CCC[C@H](NC(=O)OCC1c2ccccc2-c2ccccc21)C(=O)OC[C@@H](NC(=O)[C@H](CC=C)CC(=O)N[C@@H](C)CO)C(C)C. The Balaban J connectivity index is 1.59. The van der Waals surface area contributed by atoms with Gasteiger partial charge in [0.2, 0.25) is 11.8 Å². The highest BCUT2D eigenvalue weighted by atomic mass is 16.6. The smallest absolute Gasteiger partial charge is 0.407 e. The molecule has 2 aromatic carbocycles. The molecule has 4 atom stereocenters. The Hall–Kier alpha value is -4.44. The van der Waals surface area contributed by atoms with Crippen molar-refractivity contribution in [2.24, 2.45) is 11.8 Å². The summed E-state index contributed by atoms with van der Waals surface area (Å²) >= 11 is 0. The second-order valence-corrected chi connectivity index (χ2v) is 12.0. The number of ether oxygens (including phenoxy) is 2. The van der Waals surface area contributed by atoms with E-state index in [1.54, 1.807) is 19.1 Å². The van der Waals surface area contributed by atoms with Gasteiger partial charge >= 0.3 is 12.1 Å². The van der Waals surface area contributed by atoms with Gasteiger partial charge in [0.25, 0.3) is 0 Å². The van der Waals surface area contributed by atoms with E-state index < -0.39 is 36.1 Å². The van der Waals surface area contributed by atoms with Gasteiger partial charge in [-0.3, -0.25) is 9.59 Å². The number of alkyl carbamates (subject to hydrolysis) is 1. The predicted molar refractivity (Wildman–Crippen MR) is 177 cm³/mol. The zero-order valence-electron chi connectivity index (χ0n) is 27.0. The van der Waals surface area contributed by atoms with E-state index in [2.05, 4.69) is 41.2 Å². The standard InChI is InChI=1S/C36H47N3O7/c1-6-8-18-31(39-36(44)46-21-30-28-16-11-9-14-26(28)27-15-10-12-17-29(27)30)35(43)45-22-32(23(3)4)38-34(42)25(13-7-2)19-33(41)37-24(5)20-40/h6-7,9-12,14-17,23-25,30-32,40H,1-2,8,13,18-22H2,3-5H3,(H,37,41)(H,38,42)(H,39,44)/t24-,25+,31-,32+/m0/s1. The van der Waals surface area contributed by atoms with Gasteiger partial charge in [-0.05, 0) is 54.4 Å². The van der Waals surface area contributed by atoms with Crippen molar-refractivity contribution in [3.8, 4) is 11.1 Å². The minimum Gasteiger partial charge on any atom is -0.462 e. The number of rotatable bonds is 18. The van der Waals surface area contributed by atoms with Crippen LogP contribution in [0.5, 0.6) is 0 Å². The summed E-state index contributed by atoms with van der Waals surface area (Å²) in [5.41, 5.74) is 4.39. The van der Waals surface area contributed by atoms with E-state index >= 15 is 0 Å². The zero-order valence-corrected chi connectivity index (χ0v) is 27.0. The van der Waals surface area contributed by atoms with Crippen molar-refractivity contribution in [1.29, 1.82) is 0 Å². The average molecular weight is 634 g/mol. The number of amides is 3. The number of esters is 1. The number of carbonyl (C=O) groups is 4. The summed E-state index contributed by atoms with van der Waals surface area (Å²) in [6.07, 6.45) is 3.38. The fraction of sp³-hybridized carbons (Fsp3) is 0.444. The topological polar surface area (TPSA) is 143 Å². The van der Waals surface area contributed by atoms with Crippen LogP contribution >= 0.6 is 0 Å². The second-order valence-electron chi connectivity index (χ2n) is 12.0. The van der Waals surface area contributed by atoms with E-state index in [0.717, 1.165) is 22.3 Å². The Morgan fingerprint density at radius 1 is 0.891 bits per heavy atom. The molecule has 46 heavy (non-hydrogen) atoms. The quantitative estimate of drug-likeness (QED) is 0.139. The van der Waals surface area contributed by atoms with Crippen LogP contribution < -0.4 is 16.0 Å². The molecule has 0 bridgehead atoms. The largest absolute Gasteiger partial charge is 0.462 e. The van der Waals surface area contributed by atoms with Crippen molar-refractivity contribution in [2.75, 3.05) is 19.8 Å². The third-order valence-corrected chi connectivity index (χ3v) is 8.05. The van der Waals surface area contributed by atoms with Crippen LogP contribution in [0.4, 0.5) is 4.79 Å². The van der Waals surface area contributed by atoms with Crippen molar-refractivity contribution in [2.45, 2.75) is 70.5 Å². The van der Waals surface area contributed by atoms with Gasteiger partial charge in [-0.1, -0.05) is 74.5 Å². The molecule has 3 rings (SSSR count). The summed E-state index contributed by atoms with van der Waals surface area (Å²) in [7, 11) is 0. The summed E-state index contributed by atoms with van der Waals surface area (Å²) in [6, 6.07) is 14.1. The Labute approximate surface area is 271 Å². The van der Waals surface area contributed by atoms with Crippen LogP contribution in [-0.4, -0.2) is 66.9 Å². The minimum atomic E-state index is -0.983. The number of hydrogen-bond donors (Lipinski definition) is 4. The molecule has 2 aromatic rings. The van der Waals surface area contributed by atoms with Gasteiger partial charge in [-0.25, -0.2) is 9.59 Å². The van der Waals surface area contributed by atoms with E-state index in [0.29, 0.717) is 6.42 Å². The number of benzene rings is 2. The third-order valence-electron chi connectivity index (χ3n) is 8.05. The van der Waals surface area contributed by atoms with E-state index in [1.807, 2.05) is 50.2 Å². The Morgan fingerprint density at radius 2 is 1.52 bits per heavy atom. The van der Waals surface area contributed by atoms with Crippen molar-refractivity contribution in [3.05, 3.63) is 85.0 Å². The fourth-order valence-electron chi connectivity index (χ4n) is 5.38. The van der Waals surface area contributed by atoms with Crippen molar-refractivity contribution >= 4 is 23.9 Å². The molecule has 0 fully saturated rings. The maximum absolute atomic E-state index is 13.2. The first kappa shape index (κ1) is 36.0. The molecule has 0 spiro atoms. The lowest BCUT2D eigenvalue weighted by Gasteiger charge is -2.26. The minimum absolute atomic E-state index is 0.0829. The second kappa shape index (κ2) is 17.9. The average Bonchev–Trinajstić information content (AvgIpc) is 3.36. The summed E-state index contributed by atoms with van der Waals surface area (Å²) in [4.78, 5) is 51.6. The van der Waals surface area contributed by atoms with Gasteiger partial charge in [-0.2, -0.15) is 0 Å². The zero-order chi connectivity index (χ0) is 33.6. The van der Waals surface area contributed by atoms with Crippen LogP contribution in [-0.2, 0) is 23.9 Å². The van der Waals surface area contributed by atoms with E-state index in [9.17, 15) is 24.3 Å². The van der Waals surface area contributed by atoms with E-state index in [4.69, 9.17) is 9.47 Å². The molecule has 1 aliphatic carbocycles. The van der Waals surface area contributed by atoms with Crippen molar-refractivity contribution in [1.82, 2.24) is 16.0 Å². The van der Waals surface area contributed by atoms with E-state index in [1.165, 1.54) is 0 Å². The predicted octanol–water partition coefficient (Wildman–Crippen LogP) is 4.62. The first-order chi connectivity index (χ1) is 22.1. The molecule has 0 unspecified atom stereocenters. The van der Waals surface area contributed by atoms with Crippen molar-refractivity contribution in [3.63, 3.8) is 0 Å². The first-order valence-electron chi connectivity index (χ1n) is 15.8. The highest BCUT2D eigenvalue weighted by Gasteiger charge is 2.31. The molecule has 1 aliphatic rings. The molecular weight excluding hydrogens is 586 g/mol. The lowest BCUT2D eigenvalue weighted by Crippen LogP contribution is -2.48. The molecule has 0 aliphatic heterocycles. The van der Waals surface area contributed by atoms with Gasteiger partial charge in [0, 0.05) is 18.4 Å². The number of allylic oxidation sites excluding steroid dienone is 2. The number of aliphatic hydroxyl groups excluding tert-OH is 1. The monoisotopic (exact) mass is 633 g/mol. The molecule has 0 heterocycles. The highest BCUT2D eigenvalue weighted by molar-refractivity contribution is 5.86. The number of nitrogens with one attached hydrogen (secondary N) is 3. The summed E-state index contributed by atoms with van der Waals surface area (Å²) in [6.45, 7) is 12.6. The Kier molecular flexibility index (Phi) is 14.0. The maximum atomic E-state index is 13.2. The molecule has 4 N–H and O–H groups in total. The lowest BCUT2D eigenvalue weighted by atomic mass is 9.97. The van der Waals surface area contributed by atoms with Gasteiger partial charge in [-0.15, -0.1) is 13.2 Å². The van der Waals surface area contributed by atoms with Crippen molar-refractivity contribution < 1.29 is 33.8 Å². The molecule has 0 saturated heterocycles. The fourth-order valence-corrected chi connectivity index (χ4v) is 5.38. The molecule has 3 amide bonds. The molecule has 0 saturated carbocycles. The van der Waals surface area contributed by atoms with Crippen LogP contribution in [0.3, 0.4) is 0 Å². The van der Waals surface area contributed by atoms with Gasteiger partial charge in [0.05, 0.1) is 18.6 Å². The summed E-state index contributed by atoms with van der Waals surface area (Å²) in [5, 5.41) is 17.4. The number of fused-ring (bicyclic) bond motifs is 3. The van der Waals surface area contributed by atoms with Crippen LogP contribution in [0.25, 0.3) is 11.1 Å². The van der Waals surface area contributed by atoms with Gasteiger partial charge < -0.3 is 30.5 Å². The van der Waals surface area contributed by atoms with Crippen LogP contribution in [0, 0.1) is 11.8 Å². The first-order valence-corrected chi connectivity index (χ1v) is 15.8. The van der Waals surface area contributed by atoms with Gasteiger partial charge in [0.1, 0.15) is 19.3 Å². The van der Waals surface area contributed by atoms with Crippen LogP contribution in [0.15, 0.2) is 73.8 Å². The Bertz CT molecular complexity index is 1330. The summed E-state index contributed by atoms with van der Waals surface area (Å²) < 4.78 is 11.2. The number of carbonyl (C=O) groups excluding carboxylic acids is 4. The van der Waals surface area contributed by atoms with E-state index in [-0.39, 0.29) is 62.7 Å². The number of aliphatic hydroxyl groups is 1. The Morgan fingerprint density at radius 3 is 2.09 bits per heavy atom. The molecule has 0 aromatic heterocycles. The number of hydrogen-bond acceptors (Lipinski definition) is 7. The maximum Gasteiger partial charge on any atom is 0.407 e. The van der Waals surface area contributed by atoms with Gasteiger partial charge in [0.15, 0.2) is 0 Å². The highest BCUT2D eigenvalue weighted by Crippen LogP contribution is 2.44. The van der Waals surface area contributed by atoms with Crippen LogP contribution in [0.2, 0.25) is 0 Å². The van der Waals surface area contributed by atoms with Crippen LogP contribution in [0.1, 0.15) is 63.5 Å². The lowest BCUT2D eigenvalue weighted by molar-refractivity contribution is -0.148. The third kappa shape index (κ3) is 10.0. The molecule has 10 nitrogen and oxygen atoms in total. The molecule has 10 heteroatoms.